The molecule has 2 heteroatoms. The largest absolute Gasteiger partial charge is 0.232 e. The van der Waals surface area contributed by atoms with E-state index < -0.39 is 0 Å². The Bertz CT molecular complexity index is 165. The van der Waals surface area contributed by atoms with Crippen LogP contribution in [0.3, 0.4) is 0 Å². The second kappa shape index (κ2) is 5.45. The molecule has 0 aromatic carbocycles. The van der Waals surface area contributed by atoms with Gasteiger partial charge in [-0.05, 0) is 36.9 Å². The summed E-state index contributed by atoms with van der Waals surface area (Å²) in [5.74, 6) is 1.78. The lowest BCUT2D eigenvalue weighted by Gasteiger charge is -2.26. The number of thiocarbonyl (C=S) groups is 1. The predicted octanol–water partition coefficient (Wildman–Crippen LogP) is 3.31. The van der Waals surface area contributed by atoms with E-state index in [1.54, 1.807) is 0 Å². The molecule has 1 aliphatic carbocycles. The molecule has 0 spiro atoms. The summed E-state index contributed by atoms with van der Waals surface area (Å²) in [6, 6.07) is 0. The fraction of sp³-hybridized carbons (Fsp3) is 0.900. The Morgan fingerprint density at radius 2 is 1.83 bits per heavy atom. The zero-order valence-electron chi connectivity index (χ0n) is 7.75. The highest BCUT2D eigenvalue weighted by molar-refractivity contribution is 7.78. The number of hydrogen-bond donors (Lipinski definition) is 0. The molecule has 0 aromatic heterocycles. The second-order valence-corrected chi connectivity index (χ2v) is 3.91. The molecule has 1 aliphatic rings. The minimum absolute atomic E-state index is 0.795. The molecule has 1 nitrogen and oxygen atoms in total. The standard InChI is InChI=1S/C10H17NS/c1-2-9-3-5-10(6-4-9)7-11-8-12/h9-10H,2-7H2,1H3. The van der Waals surface area contributed by atoms with Crippen LogP contribution in [0.25, 0.3) is 0 Å². The predicted molar refractivity (Wildman–Crippen MR) is 55.6 cm³/mol. The molecule has 1 fully saturated rings. The molecular formula is C10H17NS. The molecule has 0 atom stereocenters. The molecule has 12 heavy (non-hydrogen) atoms. The lowest BCUT2D eigenvalue weighted by atomic mass is 9.81. The van der Waals surface area contributed by atoms with Gasteiger partial charge in [-0.1, -0.05) is 26.2 Å². The number of aliphatic imine (C=N–C) groups is 1. The van der Waals surface area contributed by atoms with E-state index in [-0.39, 0.29) is 0 Å². The van der Waals surface area contributed by atoms with Gasteiger partial charge >= 0.3 is 0 Å². The Labute approximate surface area is 80.3 Å². The van der Waals surface area contributed by atoms with Crippen molar-refractivity contribution in [2.45, 2.75) is 39.0 Å². The van der Waals surface area contributed by atoms with Crippen LogP contribution in [0.1, 0.15) is 39.0 Å². The maximum absolute atomic E-state index is 4.55. The molecular weight excluding hydrogens is 166 g/mol. The van der Waals surface area contributed by atoms with Gasteiger partial charge in [0, 0.05) is 0 Å². The molecule has 0 aromatic rings. The van der Waals surface area contributed by atoms with Gasteiger partial charge in [0.15, 0.2) is 0 Å². The third-order valence-electron chi connectivity index (χ3n) is 2.96. The van der Waals surface area contributed by atoms with Gasteiger partial charge in [-0.15, -0.1) is 0 Å². The zero-order valence-corrected chi connectivity index (χ0v) is 8.57. The number of isothiocyanates is 1. The Morgan fingerprint density at radius 3 is 2.33 bits per heavy atom. The van der Waals surface area contributed by atoms with Crippen molar-refractivity contribution in [3.8, 4) is 0 Å². The summed E-state index contributed by atoms with van der Waals surface area (Å²) in [4.78, 5) is 4.01. The van der Waals surface area contributed by atoms with Crippen molar-refractivity contribution < 1.29 is 0 Å². The molecule has 0 bridgehead atoms. The average molecular weight is 183 g/mol. The van der Waals surface area contributed by atoms with E-state index in [0.717, 1.165) is 18.4 Å². The van der Waals surface area contributed by atoms with Crippen LogP contribution in [0, 0.1) is 11.8 Å². The van der Waals surface area contributed by atoms with Crippen LogP contribution in [0.5, 0.6) is 0 Å². The maximum atomic E-state index is 4.55. The van der Waals surface area contributed by atoms with Crippen LogP contribution in [0.2, 0.25) is 0 Å². The van der Waals surface area contributed by atoms with Crippen molar-refractivity contribution in [2.24, 2.45) is 16.8 Å². The van der Waals surface area contributed by atoms with Gasteiger partial charge in [0.25, 0.3) is 0 Å². The Balaban J connectivity index is 2.21. The average Bonchev–Trinajstić information content (AvgIpc) is 2.15. The highest BCUT2D eigenvalue weighted by Crippen LogP contribution is 2.30. The molecule has 0 heterocycles. The van der Waals surface area contributed by atoms with Gasteiger partial charge < -0.3 is 0 Å². The summed E-state index contributed by atoms with van der Waals surface area (Å²) in [5.41, 5.74) is 0. The SMILES string of the molecule is CCC1CCC(CN=C=S)CC1. The Kier molecular flexibility index (Phi) is 4.49. The van der Waals surface area contributed by atoms with Crippen LogP contribution >= 0.6 is 12.2 Å². The van der Waals surface area contributed by atoms with Crippen molar-refractivity contribution in [1.29, 1.82) is 0 Å². The minimum Gasteiger partial charge on any atom is -0.232 e. The summed E-state index contributed by atoms with van der Waals surface area (Å²) < 4.78 is 0. The molecule has 0 saturated heterocycles. The first-order valence-corrected chi connectivity index (χ1v) is 5.31. The van der Waals surface area contributed by atoms with Crippen molar-refractivity contribution in [3.05, 3.63) is 0 Å². The highest BCUT2D eigenvalue weighted by Gasteiger charge is 2.18. The first-order chi connectivity index (χ1) is 5.86. The number of rotatable bonds is 3. The van der Waals surface area contributed by atoms with Crippen LogP contribution in [-0.2, 0) is 0 Å². The summed E-state index contributed by atoms with van der Waals surface area (Å²) in [6.07, 6.45) is 6.84. The van der Waals surface area contributed by atoms with Crippen LogP contribution in [-0.4, -0.2) is 11.7 Å². The van der Waals surface area contributed by atoms with Crippen molar-refractivity contribution in [3.63, 3.8) is 0 Å². The molecule has 68 valence electrons. The smallest absolute Gasteiger partial charge is 0.0585 e. The molecule has 0 unspecified atom stereocenters. The summed E-state index contributed by atoms with van der Waals surface area (Å²) >= 11 is 4.55. The fourth-order valence-electron chi connectivity index (χ4n) is 1.99. The number of hydrogen-bond acceptors (Lipinski definition) is 2. The zero-order chi connectivity index (χ0) is 8.81. The number of nitrogens with zero attached hydrogens (tertiary/aromatic N) is 1. The molecule has 0 aliphatic heterocycles. The van der Waals surface area contributed by atoms with Gasteiger partial charge in [0.1, 0.15) is 0 Å². The van der Waals surface area contributed by atoms with Gasteiger partial charge in [0.05, 0.1) is 11.7 Å². The van der Waals surface area contributed by atoms with E-state index in [4.69, 9.17) is 0 Å². The van der Waals surface area contributed by atoms with Crippen molar-refractivity contribution >= 4 is 17.4 Å². The Morgan fingerprint density at radius 1 is 1.25 bits per heavy atom. The molecule has 0 N–H and O–H groups in total. The first-order valence-electron chi connectivity index (χ1n) is 4.90. The van der Waals surface area contributed by atoms with E-state index in [0.29, 0.717) is 0 Å². The molecule has 0 radical (unpaired) electrons. The summed E-state index contributed by atoms with van der Waals surface area (Å²) in [7, 11) is 0. The third kappa shape index (κ3) is 3.04. The van der Waals surface area contributed by atoms with Gasteiger partial charge in [-0.25, -0.2) is 4.99 Å². The van der Waals surface area contributed by atoms with E-state index in [9.17, 15) is 0 Å². The van der Waals surface area contributed by atoms with Gasteiger partial charge in [0.2, 0.25) is 0 Å². The van der Waals surface area contributed by atoms with Crippen LogP contribution in [0.4, 0.5) is 0 Å². The van der Waals surface area contributed by atoms with E-state index >= 15 is 0 Å². The van der Waals surface area contributed by atoms with E-state index in [1.807, 2.05) is 0 Å². The fourth-order valence-corrected chi connectivity index (χ4v) is 2.06. The normalized spacial score (nSPS) is 29.4. The van der Waals surface area contributed by atoms with E-state index in [2.05, 4.69) is 29.3 Å². The van der Waals surface area contributed by atoms with Gasteiger partial charge in [-0.2, -0.15) is 0 Å². The monoisotopic (exact) mass is 183 g/mol. The quantitative estimate of drug-likeness (QED) is 0.483. The van der Waals surface area contributed by atoms with Crippen LogP contribution in [0.15, 0.2) is 4.99 Å². The lowest BCUT2D eigenvalue weighted by Crippen LogP contribution is -2.15. The topological polar surface area (TPSA) is 12.4 Å². The summed E-state index contributed by atoms with van der Waals surface area (Å²) in [6.45, 7) is 3.21. The van der Waals surface area contributed by atoms with Gasteiger partial charge in [-0.3, -0.25) is 0 Å². The second-order valence-electron chi connectivity index (χ2n) is 3.73. The summed E-state index contributed by atoms with van der Waals surface area (Å²) in [5, 5.41) is 2.45. The first kappa shape index (κ1) is 9.88. The third-order valence-corrected chi connectivity index (χ3v) is 3.09. The van der Waals surface area contributed by atoms with E-state index in [1.165, 1.54) is 32.1 Å². The van der Waals surface area contributed by atoms with Crippen molar-refractivity contribution in [1.82, 2.24) is 0 Å². The maximum Gasteiger partial charge on any atom is 0.0585 e. The lowest BCUT2D eigenvalue weighted by molar-refractivity contribution is 0.275. The molecule has 0 amide bonds. The Hall–Kier alpha value is -0.200. The van der Waals surface area contributed by atoms with Crippen LogP contribution < -0.4 is 0 Å². The van der Waals surface area contributed by atoms with Crippen molar-refractivity contribution in [2.75, 3.05) is 6.54 Å². The minimum atomic E-state index is 0.795. The molecule has 1 saturated carbocycles. The highest BCUT2D eigenvalue weighted by atomic mass is 32.1. The molecule has 1 rings (SSSR count).